The second-order valence-corrected chi connectivity index (χ2v) is 6.18. The first kappa shape index (κ1) is 15.1. The highest BCUT2D eigenvalue weighted by atomic mass is 32.1. The molecule has 2 rings (SSSR count). The second kappa shape index (κ2) is 7.50. The Morgan fingerprint density at radius 2 is 1.60 bits per heavy atom. The molecule has 1 unspecified atom stereocenters. The lowest BCUT2D eigenvalue weighted by Gasteiger charge is -2.11. The molecule has 4 heteroatoms. The van der Waals surface area contributed by atoms with Gasteiger partial charge in [-0.25, -0.2) is 0 Å². The molecule has 0 saturated carbocycles. The summed E-state index contributed by atoms with van der Waals surface area (Å²) in [6, 6.07) is 9.94. The summed E-state index contributed by atoms with van der Waals surface area (Å²) >= 11 is 1.68. The molecule has 0 saturated heterocycles. The molecular weight excluding hydrogens is 266 g/mol. The first-order valence-electron chi connectivity index (χ1n) is 7.40. The molecule has 1 atom stereocenters. The minimum Gasteiger partial charge on any atom is -0.318 e. The zero-order valence-electron chi connectivity index (χ0n) is 12.2. The van der Waals surface area contributed by atoms with Gasteiger partial charge in [0.1, 0.15) is 10.0 Å². The van der Waals surface area contributed by atoms with E-state index in [0.29, 0.717) is 5.92 Å². The van der Waals surface area contributed by atoms with E-state index >= 15 is 0 Å². The van der Waals surface area contributed by atoms with E-state index in [2.05, 4.69) is 24.0 Å². The van der Waals surface area contributed by atoms with Crippen molar-refractivity contribution in [1.29, 1.82) is 0 Å². The molecule has 0 fully saturated rings. The SMILES string of the molecule is CCCC(CCC)c1nnc(C(N)c2ccccc2)s1. The van der Waals surface area contributed by atoms with Gasteiger partial charge in [0.15, 0.2) is 0 Å². The Hall–Kier alpha value is -1.26. The van der Waals surface area contributed by atoms with Gasteiger partial charge in [-0.05, 0) is 18.4 Å². The smallest absolute Gasteiger partial charge is 0.138 e. The number of hydrogen-bond donors (Lipinski definition) is 1. The van der Waals surface area contributed by atoms with Crippen molar-refractivity contribution in [3.8, 4) is 0 Å². The normalized spacial score (nSPS) is 12.8. The Morgan fingerprint density at radius 1 is 1.00 bits per heavy atom. The highest BCUT2D eigenvalue weighted by Gasteiger charge is 2.19. The summed E-state index contributed by atoms with van der Waals surface area (Å²) < 4.78 is 0. The molecule has 108 valence electrons. The van der Waals surface area contributed by atoms with Crippen LogP contribution in [0.4, 0.5) is 0 Å². The van der Waals surface area contributed by atoms with Crippen LogP contribution in [0, 0.1) is 0 Å². The Labute approximate surface area is 125 Å². The maximum atomic E-state index is 6.29. The molecule has 3 nitrogen and oxygen atoms in total. The van der Waals surface area contributed by atoms with Crippen LogP contribution in [-0.4, -0.2) is 10.2 Å². The van der Waals surface area contributed by atoms with Crippen molar-refractivity contribution in [3.63, 3.8) is 0 Å². The summed E-state index contributed by atoms with van der Waals surface area (Å²) in [5, 5.41) is 10.8. The van der Waals surface area contributed by atoms with Gasteiger partial charge in [0.25, 0.3) is 0 Å². The van der Waals surface area contributed by atoms with E-state index in [1.165, 1.54) is 25.7 Å². The maximum Gasteiger partial charge on any atom is 0.138 e. The van der Waals surface area contributed by atoms with Crippen LogP contribution in [-0.2, 0) is 0 Å². The number of nitrogens with zero attached hydrogens (tertiary/aromatic N) is 2. The van der Waals surface area contributed by atoms with Gasteiger partial charge in [0.2, 0.25) is 0 Å². The minimum absolute atomic E-state index is 0.161. The summed E-state index contributed by atoms with van der Waals surface area (Å²) in [5.41, 5.74) is 7.38. The molecule has 2 aromatic rings. The molecule has 0 aliphatic carbocycles. The Bertz CT molecular complexity index is 503. The highest BCUT2D eigenvalue weighted by Crippen LogP contribution is 2.31. The van der Waals surface area contributed by atoms with Crippen molar-refractivity contribution < 1.29 is 0 Å². The van der Waals surface area contributed by atoms with Crippen LogP contribution in [0.5, 0.6) is 0 Å². The topological polar surface area (TPSA) is 51.8 Å². The van der Waals surface area contributed by atoms with Crippen molar-refractivity contribution >= 4 is 11.3 Å². The van der Waals surface area contributed by atoms with Crippen molar-refractivity contribution in [2.24, 2.45) is 5.73 Å². The van der Waals surface area contributed by atoms with Crippen LogP contribution in [0.15, 0.2) is 30.3 Å². The Kier molecular flexibility index (Phi) is 5.68. The van der Waals surface area contributed by atoms with Gasteiger partial charge in [-0.1, -0.05) is 68.4 Å². The fraction of sp³-hybridized carbons (Fsp3) is 0.500. The van der Waals surface area contributed by atoms with Gasteiger partial charge >= 0.3 is 0 Å². The molecule has 1 aromatic carbocycles. The largest absolute Gasteiger partial charge is 0.318 e. The van der Waals surface area contributed by atoms with Crippen LogP contribution in [0.3, 0.4) is 0 Å². The number of nitrogens with two attached hydrogens (primary N) is 1. The third-order valence-electron chi connectivity index (χ3n) is 3.50. The Balaban J connectivity index is 2.15. The van der Waals surface area contributed by atoms with E-state index in [-0.39, 0.29) is 6.04 Å². The average molecular weight is 289 g/mol. The predicted octanol–water partition coefficient (Wildman–Crippen LogP) is 4.27. The first-order valence-corrected chi connectivity index (χ1v) is 8.21. The molecule has 1 aromatic heterocycles. The van der Waals surface area contributed by atoms with Crippen molar-refractivity contribution in [2.75, 3.05) is 0 Å². The molecule has 0 aliphatic rings. The first-order chi connectivity index (χ1) is 9.76. The van der Waals surface area contributed by atoms with Gasteiger partial charge in [-0.2, -0.15) is 0 Å². The number of benzene rings is 1. The van der Waals surface area contributed by atoms with Crippen LogP contribution in [0.25, 0.3) is 0 Å². The highest BCUT2D eigenvalue weighted by molar-refractivity contribution is 7.11. The van der Waals surface area contributed by atoms with Gasteiger partial charge in [-0.3, -0.25) is 0 Å². The molecule has 0 amide bonds. The molecule has 0 aliphatic heterocycles. The van der Waals surface area contributed by atoms with Gasteiger partial charge in [0.05, 0.1) is 6.04 Å². The van der Waals surface area contributed by atoms with Gasteiger partial charge < -0.3 is 5.73 Å². The lowest BCUT2D eigenvalue weighted by molar-refractivity contribution is 0.554. The molecule has 0 bridgehead atoms. The monoisotopic (exact) mass is 289 g/mol. The molecule has 0 spiro atoms. The van der Waals surface area contributed by atoms with Crippen LogP contribution in [0.2, 0.25) is 0 Å². The van der Waals surface area contributed by atoms with Crippen molar-refractivity contribution in [1.82, 2.24) is 10.2 Å². The fourth-order valence-corrected chi connectivity index (χ4v) is 3.47. The predicted molar refractivity (Wildman–Crippen MR) is 84.9 cm³/mol. The molecule has 0 radical (unpaired) electrons. The number of aromatic nitrogens is 2. The van der Waals surface area contributed by atoms with E-state index in [1.54, 1.807) is 11.3 Å². The minimum atomic E-state index is -0.161. The summed E-state index contributed by atoms with van der Waals surface area (Å²) in [6.07, 6.45) is 4.74. The summed E-state index contributed by atoms with van der Waals surface area (Å²) in [4.78, 5) is 0. The van der Waals surface area contributed by atoms with E-state index in [1.807, 2.05) is 30.3 Å². The maximum absolute atomic E-state index is 6.29. The van der Waals surface area contributed by atoms with E-state index < -0.39 is 0 Å². The van der Waals surface area contributed by atoms with Crippen LogP contribution >= 0.6 is 11.3 Å². The number of rotatable bonds is 7. The molecule has 20 heavy (non-hydrogen) atoms. The van der Waals surface area contributed by atoms with Crippen molar-refractivity contribution in [3.05, 3.63) is 45.9 Å². The standard InChI is InChI=1S/C16H23N3S/c1-3-8-13(9-4-2)15-18-19-16(20-15)14(17)12-10-6-5-7-11-12/h5-7,10-11,13-14H,3-4,8-9,17H2,1-2H3. The quantitative estimate of drug-likeness (QED) is 0.828. The third-order valence-corrected chi connectivity index (χ3v) is 4.67. The third kappa shape index (κ3) is 3.64. The van der Waals surface area contributed by atoms with E-state index in [9.17, 15) is 0 Å². The molecule has 1 heterocycles. The van der Waals surface area contributed by atoms with E-state index in [4.69, 9.17) is 5.73 Å². The lowest BCUT2D eigenvalue weighted by Crippen LogP contribution is -2.11. The van der Waals surface area contributed by atoms with Crippen LogP contribution in [0.1, 0.15) is 67.1 Å². The Morgan fingerprint density at radius 3 is 2.20 bits per heavy atom. The summed E-state index contributed by atoms with van der Waals surface area (Å²) in [5.74, 6) is 0.541. The van der Waals surface area contributed by atoms with Crippen molar-refractivity contribution in [2.45, 2.75) is 51.5 Å². The van der Waals surface area contributed by atoms with E-state index in [0.717, 1.165) is 15.6 Å². The zero-order chi connectivity index (χ0) is 14.4. The lowest BCUT2D eigenvalue weighted by atomic mass is 9.99. The van der Waals surface area contributed by atoms with Crippen LogP contribution < -0.4 is 5.73 Å². The van der Waals surface area contributed by atoms with Gasteiger partial charge in [-0.15, -0.1) is 10.2 Å². The molecule has 2 N–H and O–H groups in total. The summed E-state index contributed by atoms with van der Waals surface area (Å²) in [6.45, 7) is 4.45. The zero-order valence-corrected chi connectivity index (χ0v) is 13.1. The second-order valence-electron chi connectivity index (χ2n) is 5.14. The number of hydrogen-bond acceptors (Lipinski definition) is 4. The fourth-order valence-electron chi connectivity index (χ4n) is 2.43. The molecular formula is C16H23N3S. The van der Waals surface area contributed by atoms with Gasteiger partial charge in [0, 0.05) is 5.92 Å². The summed E-state index contributed by atoms with van der Waals surface area (Å²) in [7, 11) is 0. The average Bonchev–Trinajstić information content (AvgIpc) is 2.97.